The molecule has 5 rings (SSSR count). The van der Waals surface area contributed by atoms with E-state index in [4.69, 9.17) is 11.6 Å². The third-order valence-corrected chi connectivity index (χ3v) is 8.37. The van der Waals surface area contributed by atoms with Crippen molar-refractivity contribution in [3.8, 4) is 0 Å². The van der Waals surface area contributed by atoms with Crippen LogP contribution in [0.25, 0.3) is 0 Å². The van der Waals surface area contributed by atoms with Crippen molar-refractivity contribution >= 4 is 52.2 Å². The first-order chi connectivity index (χ1) is 17.9. The molecule has 0 spiro atoms. The Morgan fingerprint density at radius 3 is 2.68 bits per heavy atom. The summed E-state index contributed by atoms with van der Waals surface area (Å²) in [5.74, 6) is 1.25. The van der Waals surface area contributed by atoms with Crippen LogP contribution < -0.4 is 15.5 Å². The number of hydrogen-bond acceptors (Lipinski definition) is 5. The molecular formula is C29H31ClN4O2S. The lowest BCUT2D eigenvalue weighted by molar-refractivity contribution is -0.116. The molecule has 0 saturated carbocycles. The number of piperazine rings is 1. The summed E-state index contributed by atoms with van der Waals surface area (Å²) in [5.41, 5.74) is 5.55. The van der Waals surface area contributed by atoms with Crippen LogP contribution in [-0.2, 0) is 10.5 Å². The van der Waals surface area contributed by atoms with Crippen molar-refractivity contribution in [2.45, 2.75) is 31.7 Å². The number of fused-ring (bicyclic) bond motifs is 1. The van der Waals surface area contributed by atoms with E-state index in [0.717, 1.165) is 28.6 Å². The zero-order valence-electron chi connectivity index (χ0n) is 21.0. The van der Waals surface area contributed by atoms with Crippen LogP contribution in [0.2, 0.25) is 5.02 Å². The average molecular weight is 535 g/mol. The van der Waals surface area contributed by atoms with Crippen LogP contribution in [0, 0.1) is 6.92 Å². The summed E-state index contributed by atoms with van der Waals surface area (Å²) in [6.45, 7) is 6.35. The number of aryl methyl sites for hydroxylation is 1. The maximum Gasteiger partial charge on any atom is 0.254 e. The number of carbonyl (C=O) groups excluding carboxylic acids is 2. The topological polar surface area (TPSA) is 64.7 Å². The largest absolute Gasteiger partial charge is 0.371 e. The van der Waals surface area contributed by atoms with E-state index in [2.05, 4.69) is 53.6 Å². The van der Waals surface area contributed by atoms with E-state index in [0.29, 0.717) is 30.1 Å². The summed E-state index contributed by atoms with van der Waals surface area (Å²) in [6.07, 6.45) is 0. The molecule has 3 aromatic carbocycles. The number of amides is 2. The molecule has 0 unspecified atom stereocenters. The number of halogens is 1. The minimum absolute atomic E-state index is 0.00906. The molecule has 0 aromatic heterocycles. The number of carbonyl (C=O) groups is 2. The van der Waals surface area contributed by atoms with Crippen molar-refractivity contribution < 1.29 is 9.59 Å². The lowest BCUT2D eigenvalue weighted by Gasteiger charge is -2.41. The molecule has 0 radical (unpaired) electrons. The molecule has 3 aromatic rings. The van der Waals surface area contributed by atoms with Crippen LogP contribution in [0.15, 0.2) is 66.7 Å². The Kier molecular flexibility index (Phi) is 7.63. The van der Waals surface area contributed by atoms with E-state index in [9.17, 15) is 9.59 Å². The number of rotatable bonds is 6. The van der Waals surface area contributed by atoms with Gasteiger partial charge in [0, 0.05) is 53.5 Å². The van der Waals surface area contributed by atoms with Crippen LogP contribution in [-0.4, -0.2) is 54.2 Å². The van der Waals surface area contributed by atoms with Gasteiger partial charge in [0.1, 0.15) is 6.04 Å². The third-order valence-electron chi connectivity index (χ3n) is 6.92. The molecule has 2 aliphatic heterocycles. The van der Waals surface area contributed by atoms with Gasteiger partial charge in [-0.05, 0) is 61.4 Å². The summed E-state index contributed by atoms with van der Waals surface area (Å²) in [6, 6.07) is 21.6. The number of nitrogens with one attached hydrogen (secondary N) is 2. The van der Waals surface area contributed by atoms with Crippen LogP contribution in [0.1, 0.15) is 28.4 Å². The van der Waals surface area contributed by atoms with Gasteiger partial charge in [-0.2, -0.15) is 11.8 Å². The molecule has 2 N–H and O–H groups in total. The Bertz CT molecular complexity index is 1320. The monoisotopic (exact) mass is 534 g/mol. The average Bonchev–Trinajstić information content (AvgIpc) is 2.89. The third kappa shape index (κ3) is 5.73. The highest BCUT2D eigenvalue weighted by atomic mass is 35.5. The van der Waals surface area contributed by atoms with Crippen LogP contribution >= 0.6 is 23.4 Å². The molecule has 0 aliphatic carbocycles. The number of benzene rings is 3. The number of hydrogen-bond donors (Lipinski definition) is 2. The second-order valence-electron chi connectivity index (χ2n) is 9.69. The first-order valence-electron chi connectivity index (χ1n) is 12.5. The first-order valence-corrected chi connectivity index (χ1v) is 14.1. The van der Waals surface area contributed by atoms with Gasteiger partial charge in [0.25, 0.3) is 5.91 Å². The van der Waals surface area contributed by atoms with Crippen LogP contribution in [0.3, 0.4) is 0 Å². The summed E-state index contributed by atoms with van der Waals surface area (Å²) >= 11 is 7.90. The van der Waals surface area contributed by atoms with Crippen molar-refractivity contribution in [1.82, 2.24) is 4.90 Å². The zero-order chi connectivity index (χ0) is 25.9. The molecule has 1 fully saturated rings. The van der Waals surface area contributed by atoms with E-state index in [1.807, 2.05) is 41.3 Å². The van der Waals surface area contributed by atoms with Gasteiger partial charge in [-0.1, -0.05) is 41.9 Å². The summed E-state index contributed by atoms with van der Waals surface area (Å²) in [5, 5.41) is 7.06. The van der Waals surface area contributed by atoms with E-state index >= 15 is 0 Å². The predicted octanol–water partition coefficient (Wildman–Crippen LogP) is 5.67. The molecule has 2 atom stereocenters. The molecule has 2 aliphatic rings. The zero-order valence-corrected chi connectivity index (χ0v) is 22.6. The van der Waals surface area contributed by atoms with E-state index in [-0.39, 0.29) is 23.9 Å². The molecule has 1 saturated heterocycles. The van der Waals surface area contributed by atoms with E-state index < -0.39 is 0 Å². The second kappa shape index (κ2) is 11.1. The maximum absolute atomic E-state index is 13.3. The SMILES string of the molecule is Cc1cccc(N2CCN(C(=O)c3ccc4c(c3)NC(=O)[C@H](CSCc3ccccc3Cl)N4)C[C@@H]2C)c1. The Labute approximate surface area is 227 Å². The quantitative estimate of drug-likeness (QED) is 0.427. The highest BCUT2D eigenvalue weighted by Gasteiger charge is 2.30. The molecular weight excluding hydrogens is 504 g/mol. The van der Waals surface area contributed by atoms with E-state index in [1.54, 1.807) is 17.8 Å². The van der Waals surface area contributed by atoms with Gasteiger partial charge in [0.15, 0.2) is 0 Å². The number of anilines is 3. The normalized spacial score (nSPS) is 19.2. The highest BCUT2D eigenvalue weighted by molar-refractivity contribution is 7.98. The Morgan fingerprint density at radius 1 is 1.05 bits per heavy atom. The Balaban J connectivity index is 1.19. The fourth-order valence-corrected chi connectivity index (χ4v) is 6.26. The van der Waals surface area contributed by atoms with Crippen molar-refractivity contribution in [2.75, 3.05) is 40.9 Å². The predicted molar refractivity (Wildman–Crippen MR) is 154 cm³/mol. The summed E-state index contributed by atoms with van der Waals surface area (Å²) in [7, 11) is 0. The fourth-order valence-electron chi connectivity index (χ4n) is 4.91. The molecule has 0 bridgehead atoms. The van der Waals surface area contributed by atoms with Crippen LogP contribution in [0.4, 0.5) is 17.1 Å². The number of nitrogens with zero attached hydrogens (tertiary/aromatic N) is 2. The molecule has 2 heterocycles. The molecule has 37 heavy (non-hydrogen) atoms. The second-order valence-corrected chi connectivity index (χ2v) is 11.1. The smallest absolute Gasteiger partial charge is 0.254 e. The number of thioether (sulfide) groups is 1. The van der Waals surface area contributed by atoms with Gasteiger partial charge in [-0.15, -0.1) is 0 Å². The van der Waals surface area contributed by atoms with Crippen molar-refractivity contribution in [3.05, 3.63) is 88.4 Å². The standard InChI is InChI=1S/C29H31ClN4O2S/c1-19-6-5-8-23(14-19)34-13-12-33(16-20(34)2)29(36)21-10-11-25-26(15-21)32-28(35)27(31-25)18-37-17-22-7-3-4-9-24(22)30/h3-11,14-15,20,27,31H,12-13,16-18H2,1-2H3,(H,32,35)/t20-,27-/m0/s1. The minimum atomic E-state index is -0.350. The van der Waals surface area contributed by atoms with E-state index in [1.165, 1.54) is 11.3 Å². The fraction of sp³-hybridized carbons (Fsp3) is 0.310. The minimum Gasteiger partial charge on any atom is -0.371 e. The van der Waals surface area contributed by atoms with Crippen LogP contribution in [0.5, 0.6) is 0 Å². The highest BCUT2D eigenvalue weighted by Crippen LogP contribution is 2.31. The van der Waals surface area contributed by atoms with Gasteiger partial charge in [0.05, 0.1) is 11.4 Å². The van der Waals surface area contributed by atoms with Gasteiger partial charge in [-0.3, -0.25) is 9.59 Å². The van der Waals surface area contributed by atoms with Gasteiger partial charge in [-0.25, -0.2) is 0 Å². The molecule has 2 amide bonds. The van der Waals surface area contributed by atoms with Crippen molar-refractivity contribution in [2.24, 2.45) is 0 Å². The summed E-state index contributed by atoms with van der Waals surface area (Å²) < 4.78 is 0. The van der Waals surface area contributed by atoms with Gasteiger partial charge in [0.2, 0.25) is 5.91 Å². The first kappa shape index (κ1) is 25.5. The van der Waals surface area contributed by atoms with Gasteiger partial charge < -0.3 is 20.4 Å². The molecule has 6 nitrogen and oxygen atoms in total. The van der Waals surface area contributed by atoms with Crippen molar-refractivity contribution in [1.29, 1.82) is 0 Å². The van der Waals surface area contributed by atoms with Crippen molar-refractivity contribution in [3.63, 3.8) is 0 Å². The maximum atomic E-state index is 13.3. The Hall–Kier alpha value is -3.16. The lowest BCUT2D eigenvalue weighted by Crippen LogP contribution is -2.53. The molecule has 8 heteroatoms. The summed E-state index contributed by atoms with van der Waals surface area (Å²) in [4.78, 5) is 30.4. The lowest BCUT2D eigenvalue weighted by atomic mass is 10.1. The Morgan fingerprint density at radius 2 is 1.89 bits per heavy atom. The van der Waals surface area contributed by atoms with Gasteiger partial charge >= 0.3 is 0 Å². The molecule has 192 valence electrons.